The number of para-hydroxylation sites is 1. The summed E-state index contributed by atoms with van der Waals surface area (Å²) < 4.78 is 2.37. The Kier molecular flexibility index (Phi) is 5.44. The maximum atomic E-state index is 3.64. The maximum absolute atomic E-state index is 3.64. The molecule has 2 nitrogen and oxygen atoms in total. The zero-order valence-corrected chi connectivity index (χ0v) is 21.4. The molecule has 38 heavy (non-hydrogen) atoms. The standard InChI is InChI=1S/C36H28N2/c1-2-25-15-21-35-33(23-25)34-24-29(20-22-36(34)38(35)30-11-4-3-5-12-30)37-28-18-16-27(17-19-28)32-14-8-10-26-9-6-7-13-31(26)32/h3-24,37H,2H2,1H3. The first-order chi connectivity index (χ1) is 18.8. The van der Waals surface area contributed by atoms with Gasteiger partial charge in [-0.1, -0.05) is 85.8 Å². The van der Waals surface area contributed by atoms with Crippen molar-refractivity contribution in [3.05, 3.63) is 139 Å². The van der Waals surface area contributed by atoms with Crippen LogP contribution in [-0.2, 0) is 6.42 Å². The Balaban J connectivity index is 1.28. The number of aryl methyl sites for hydroxylation is 1. The second-order valence-corrected chi connectivity index (χ2v) is 9.84. The van der Waals surface area contributed by atoms with Crippen LogP contribution in [0.2, 0.25) is 0 Å². The predicted molar refractivity (Wildman–Crippen MR) is 163 cm³/mol. The summed E-state index contributed by atoms with van der Waals surface area (Å²) in [5, 5.41) is 8.74. The van der Waals surface area contributed by atoms with Crippen LogP contribution in [0.4, 0.5) is 11.4 Å². The third kappa shape index (κ3) is 3.82. The molecule has 182 valence electrons. The summed E-state index contributed by atoms with van der Waals surface area (Å²) in [6.07, 6.45) is 1.02. The first-order valence-corrected chi connectivity index (χ1v) is 13.3. The molecule has 0 bridgehead atoms. The van der Waals surface area contributed by atoms with Gasteiger partial charge in [0.25, 0.3) is 0 Å². The van der Waals surface area contributed by atoms with Crippen LogP contribution in [-0.4, -0.2) is 4.57 Å². The lowest BCUT2D eigenvalue weighted by molar-refractivity contribution is 1.14. The Hall–Kier alpha value is -4.82. The molecule has 2 heteroatoms. The number of rotatable bonds is 5. The number of benzene rings is 6. The fraction of sp³-hybridized carbons (Fsp3) is 0.0556. The van der Waals surface area contributed by atoms with Crippen molar-refractivity contribution in [2.75, 3.05) is 5.32 Å². The Morgan fingerprint density at radius 1 is 0.553 bits per heavy atom. The molecule has 0 aliphatic rings. The predicted octanol–water partition coefficient (Wildman–Crippen LogP) is 9.91. The zero-order valence-electron chi connectivity index (χ0n) is 21.4. The minimum absolute atomic E-state index is 1.02. The number of nitrogens with one attached hydrogen (secondary N) is 1. The normalized spacial score (nSPS) is 11.4. The molecule has 0 fully saturated rings. The highest BCUT2D eigenvalue weighted by Crippen LogP contribution is 2.35. The zero-order chi connectivity index (χ0) is 25.5. The minimum Gasteiger partial charge on any atom is -0.356 e. The summed E-state index contributed by atoms with van der Waals surface area (Å²) in [4.78, 5) is 0. The van der Waals surface area contributed by atoms with E-state index in [4.69, 9.17) is 0 Å². The SMILES string of the molecule is CCc1ccc2c(c1)c1cc(Nc3ccc(-c4cccc5ccccc45)cc3)ccc1n2-c1ccccc1. The van der Waals surface area contributed by atoms with E-state index in [0.29, 0.717) is 0 Å². The fourth-order valence-electron chi connectivity index (χ4n) is 5.60. The monoisotopic (exact) mass is 488 g/mol. The largest absolute Gasteiger partial charge is 0.356 e. The third-order valence-electron chi connectivity index (χ3n) is 7.53. The maximum Gasteiger partial charge on any atom is 0.0542 e. The van der Waals surface area contributed by atoms with Crippen LogP contribution in [0, 0.1) is 0 Å². The van der Waals surface area contributed by atoms with E-state index >= 15 is 0 Å². The van der Waals surface area contributed by atoms with Crippen molar-refractivity contribution < 1.29 is 0 Å². The van der Waals surface area contributed by atoms with Crippen molar-refractivity contribution >= 4 is 44.0 Å². The smallest absolute Gasteiger partial charge is 0.0542 e. The van der Waals surface area contributed by atoms with Gasteiger partial charge in [0.15, 0.2) is 0 Å². The summed E-state index contributed by atoms with van der Waals surface area (Å²) in [7, 11) is 0. The number of hydrogen-bond donors (Lipinski definition) is 1. The summed E-state index contributed by atoms with van der Waals surface area (Å²) >= 11 is 0. The summed E-state index contributed by atoms with van der Waals surface area (Å²) in [5.41, 5.74) is 9.64. The second kappa shape index (κ2) is 9.24. The van der Waals surface area contributed by atoms with Gasteiger partial charge in [0, 0.05) is 27.8 Å². The first-order valence-electron chi connectivity index (χ1n) is 13.3. The van der Waals surface area contributed by atoms with Crippen LogP contribution < -0.4 is 5.32 Å². The third-order valence-corrected chi connectivity index (χ3v) is 7.53. The van der Waals surface area contributed by atoms with Crippen molar-refractivity contribution in [1.29, 1.82) is 0 Å². The van der Waals surface area contributed by atoms with Gasteiger partial charge in [-0.3, -0.25) is 0 Å². The molecule has 7 aromatic rings. The van der Waals surface area contributed by atoms with Crippen LogP contribution >= 0.6 is 0 Å². The van der Waals surface area contributed by atoms with Crippen molar-refractivity contribution in [1.82, 2.24) is 4.57 Å². The van der Waals surface area contributed by atoms with E-state index in [9.17, 15) is 0 Å². The Morgan fingerprint density at radius 3 is 2.05 bits per heavy atom. The number of anilines is 2. The summed E-state index contributed by atoms with van der Waals surface area (Å²) in [6.45, 7) is 2.21. The van der Waals surface area contributed by atoms with Crippen LogP contribution in [0.15, 0.2) is 133 Å². The van der Waals surface area contributed by atoms with Gasteiger partial charge >= 0.3 is 0 Å². The molecule has 0 unspecified atom stereocenters. The average Bonchev–Trinajstić information content (AvgIpc) is 3.30. The molecule has 1 N–H and O–H groups in total. The van der Waals surface area contributed by atoms with Crippen molar-refractivity contribution in [2.45, 2.75) is 13.3 Å². The number of fused-ring (bicyclic) bond motifs is 4. The summed E-state index contributed by atoms with van der Waals surface area (Å²) in [5.74, 6) is 0. The molecular weight excluding hydrogens is 460 g/mol. The van der Waals surface area contributed by atoms with Crippen LogP contribution in [0.25, 0.3) is 49.4 Å². The van der Waals surface area contributed by atoms with Gasteiger partial charge in [0.05, 0.1) is 11.0 Å². The molecule has 0 atom stereocenters. The average molecular weight is 489 g/mol. The Morgan fingerprint density at radius 2 is 1.24 bits per heavy atom. The number of nitrogens with zero attached hydrogens (tertiary/aromatic N) is 1. The van der Waals surface area contributed by atoms with Gasteiger partial charge in [-0.15, -0.1) is 0 Å². The molecular formula is C36H28N2. The van der Waals surface area contributed by atoms with Crippen LogP contribution in [0.1, 0.15) is 12.5 Å². The molecule has 0 saturated heterocycles. The molecule has 0 spiro atoms. The summed E-state index contributed by atoms with van der Waals surface area (Å²) in [6, 6.07) is 48.0. The van der Waals surface area contributed by atoms with Crippen molar-refractivity contribution in [3.63, 3.8) is 0 Å². The molecule has 1 aromatic heterocycles. The van der Waals surface area contributed by atoms with E-state index in [1.807, 2.05) is 0 Å². The fourth-order valence-corrected chi connectivity index (χ4v) is 5.60. The van der Waals surface area contributed by atoms with E-state index in [0.717, 1.165) is 17.8 Å². The minimum atomic E-state index is 1.02. The van der Waals surface area contributed by atoms with Crippen LogP contribution in [0.5, 0.6) is 0 Å². The second-order valence-electron chi connectivity index (χ2n) is 9.84. The van der Waals surface area contributed by atoms with E-state index in [2.05, 4.69) is 150 Å². The molecule has 0 saturated carbocycles. The van der Waals surface area contributed by atoms with Gasteiger partial charge in [-0.05, 0) is 88.5 Å². The highest BCUT2D eigenvalue weighted by atomic mass is 15.0. The van der Waals surface area contributed by atoms with E-state index in [1.165, 1.54) is 55.0 Å². The van der Waals surface area contributed by atoms with Gasteiger partial charge in [0.1, 0.15) is 0 Å². The van der Waals surface area contributed by atoms with E-state index in [1.54, 1.807) is 0 Å². The van der Waals surface area contributed by atoms with Crippen molar-refractivity contribution in [3.8, 4) is 16.8 Å². The van der Waals surface area contributed by atoms with Gasteiger partial charge in [-0.2, -0.15) is 0 Å². The molecule has 0 aliphatic heterocycles. The van der Waals surface area contributed by atoms with Gasteiger partial charge < -0.3 is 9.88 Å². The van der Waals surface area contributed by atoms with Crippen molar-refractivity contribution in [2.24, 2.45) is 0 Å². The van der Waals surface area contributed by atoms with E-state index in [-0.39, 0.29) is 0 Å². The molecule has 7 rings (SSSR count). The highest BCUT2D eigenvalue weighted by molar-refractivity contribution is 6.10. The number of hydrogen-bond acceptors (Lipinski definition) is 1. The molecule has 0 amide bonds. The Bertz CT molecular complexity index is 1910. The molecule has 6 aromatic carbocycles. The van der Waals surface area contributed by atoms with E-state index < -0.39 is 0 Å². The number of aromatic nitrogens is 1. The van der Waals surface area contributed by atoms with Crippen LogP contribution in [0.3, 0.4) is 0 Å². The quantitative estimate of drug-likeness (QED) is 0.255. The van der Waals surface area contributed by atoms with Gasteiger partial charge in [-0.25, -0.2) is 0 Å². The topological polar surface area (TPSA) is 17.0 Å². The lowest BCUT2D eigenvalue weighted by Crippen LogP contribution is -1.94. The Labute approximate surface area is 222 Å². The molecule has 0 radical (unpaired) electrons. The molecule has 1 heterocycles. The highest BCUT2D eigenvalue weighted by Gasteiger charge is 2.13. The molecule has 0 aliphatic carbocycles. The van der Waals surface area contributed by atoms with Gasteiger partial charge in [0.2, 0.25) is 0 Å². The lowest BCUT2D eigenvalue weighted by Gasteiger charge is -2.11. The first kappa shape index (κ1) is 22.4. The lowest BCUT2D eigenvalue weighted by atomic mass is 9.98.